The van der Waals surface area contributed by atoms with Crippen LogP contribution in [0.1, 0.15) is 12.8 Å². The Hall–Kier alpha value is -2.67. The average Bonchev–Trinajstić information content (AvgIpc) is 3.01. The molecule has 4 rings (SSSR count). The number of fused-ring (bicyclic) bond motifs is 1. The third kappa shape index (κ3) is 2.49. The molecule has 0 atom stereocenters. The largest absolute Gasteiger partial charge is 0.406 e. The Kier molecular flexibility index (Phi) is 3.34. The highest BCUT2D eigenvalue weighted by atomic mass is 16.4. The van der Waals surface area contributed by atoms with Gasteiger partial charge in [-0.25, -0.2) is 0 Å². The summed E-state index contributed by atoms with van der Waals surface area (Å²) in [4.78, 5) is 18.2. The van der Waals surface area contributed by atoms with Crippen LogP contribution in [-0.2, 0) is 0 Å². The molecule has 3 heterocycles. The van der Waals surface area contributed by atoms with E-state index in [-0.39, 0.29) is 17.7 Å². The molecule has 0 saturated carbocycles. The summed E-state index contributed by atoms with van der Waals surface area (Å²) in [6.45, 7) is 1.23. The number of para-hydroxylation sites is 1. The molecule has 23 heavy (non-hydrogen) atoms. The van der Waals surface area contributed by atoms with Gasteiger partial charge in [-0.05, 0) is 25.0 Å². The molecule has 2 aromatic heterocycles. The second-order valence-corrected chi connectivity index (χ2v) is 5.63. The van der Waals surface area contributed by atoms with E-state index in [1.54, 1.807) is 4.68 Å². The fourth-order valence-corrected chi connectivity index (χ4v) is 2.78. The Balaban J connectivity index is 1.81. The lowest BCUT2D eigenvalue weighted by Crippen LogP contribution is -2.37. The second kappa shape index (κ2) is 5.51. The van der Waals surface area contributed by atoms with Gasteiger partial charge in [0.15, 0.2) is 0 Å². The molecule has 1 fully saturated rings. The van der Waals surface area contributed by atoms with Crippen molar-refractivity contribution in [2.45, 2.75) is 18.9 Å². The van der Waals surface area contributed by atoms with Crippen molar-refractivity contribution < 1.29 is 9.52 Å². The van der Waals surface area contributed by atoms with Crippen molar-refractivity contribution in [1.82, 2.24) is 14.8 Å². The van der Waals surface area contributed by atoms with Gasteiger partial charge in [-0.3, -0.25) is 4.79 Å². The van der Waals surface area contributed by atoms with Gasteiger partial charge >= 0.3 is 6.01 Å². The maximum atomic E-state index is 12.3. The Labute approximate surface area is 131 Å². The summed E-state index contributed by atoms with van der Waals surface area (Å²) >= 11 is 0. The predicted molar refractivity (Wildman–Crippen MR) is 84.9 cm³/mol. The molecular formula is C16H16N4O3. The molecule has 0 radical (unpaired) electrons. The summed E-state index contributed by atoms with van der Waals surface area (Å²) in [5.74, 6) is 0. The SMILES string of the molecule is O=c1nc(N2CCC(O)CC2)oc2c1cnn2-c1ccccc1. The van der Waals surface area contributed by atoms with E-state index in [0.717, 1.165) is 5.69 Å². The maximum Gasteiger partial charge on any atom is 0.302 e. The molecule has 7 nitrogen and oxygen atoms in total. The zero-order chi connectivity index (χ0) is 15.8. The molecule has 118 valence electrons. The van der Waals surface area contributed by atoms with Gasteiger partial charge < -0.3 is 14.4 Å². The lowest BCUT2D eigenvalue weighted by molar-refractivity contribution is 0.144. The fourth-order valence-electron chi connectivity index (χ4n) is 2.78. The summed E-state index contributed by atoms with van der Waals surface area (Å²) in [5, 5.41) is 14.2. The maximum absolute atomic E-state index is 12.3. The molecular weight excluding hydrogens is 296 g/mol. The van der Waals surface area contributed by atoms with Crippen molar-refractivity contribution in [3.8, 4) is 5.69 Å². The monoisotopic (exact) mass is 312 g/mol. The average molecular weight is 312 g/mol. The lowest BCUT2D eigenvalue weighted by atomic mass is 10.1. The standard InChI is InChI=1S/C16H16N4O3/c21-12-6-8-19(9-7-12)16-18-14(22)13-10-17-20(15(13)23-16)11-4-2-1-3-5-11/h1-5,10,12,21H,6-9H2. The minimum Gasteiger partial charge on any atom is -0.406 e. The summed E-state index contributed by atoms with van der Waals surface area (Å²) in [7, 11) is 0. The van der Waals surface area contributed by atoms with Gasteiger partial charge in [0.25, 0.3) is 5.56 Å². The quantitative estimate of drug-likeness (QED) is 0.768. The first-order valence-electron chi connectivity index (χ1n) is 7.60. The number of piperidine rings is 1. The number of nitrogens with zero attached hydrogens (tertiary/aromatic N) is 4. The van der Waals surface area contributed by atoms with E-state index in [1.165, 1.54) is 6.20 Å². The normalized spacial score (nSPS) is 16.1. The highest BCUT2D eigenvalue weighted by molar-refractivity contribution is 5.73. The molecule has 1 aliphatic heterocycles. The minimum atomic E-state index is -0.352. The van der Waals surface area contributed by atoms with E-state index in [2.05, 4.69) is 10.1 Å². The van der Waals surface area contributed by atoms with Crippen molar-refractivity contribution in [3.05, 3.63) is 46.9 Å². The highest BCUT2D eigenvalue weighted by Gasteiger charge is 2.22. The van der Waals surface area contributed by atoms with E-state index < -0.39 is 0 Å². The first kappa shape index (κ1) is 14.0. The lowest BCUT2D eigenvalue weighted by Gasteiger charge is -2.28. The summed E-state index contributed by atoms with van der Waals surface area (Å²) in [6.07, 6.45) is 2.46. The van der Waals surface area contributed by atoms with Gasteiger partial charge in [0.1, 0.15) is 5.39 Å². The molecule has 0 unspecified atom stereocenters. The van der Waals surface area contributed by atoms with Crippen molar-refractivity contribution in [1.29, 1.82) is 0 Å². The summed E-state index contributed by atoms with van der Waals surface area (Å²) in [6, 6.07) is 9.78. The number of hydrogen-bond donors (Lipinski definition) is 1. The third-order valence-corrected chi connectivity index (χ3v) is 4.08. The number of aliphatic hydroxyl groups is 1. The third-order valence-electron chi connectivity index (χ3n) is 4.08. The van der Waals surface area contributed by atoms with Crippen LogP contribution in [0, 0.1) is 0 Å². The molecule has 1 saturated heterocycles. The van der Waals surface area contributed by atoms with Crippen molar-refractivity contribution >= 4 is 17.1 Å². The first-order valence-corrected chi connectivity index (χ1v) is 7.60. The Morgan fingerprint density at radius 3 is 2.65 bits per heavy atom. The Morgan fingerprint density at radius 2 is 1.91 bits per heavy atom. The van der Waals surface area contributed by atoms with Gasteiger partial charge in [-0.1, -0.05) is 18.2 Å². The zero-order valence-electron chi connectivity index (χ0n) is 12.4. The van der Waals surface area contributed by atoms with Crippen LogP contribution >= 0.6 is 0 Å². The van der Waals surface area contributed by atoms with E-state index in [9.17, 15) is 9.90 Å². The van der Waals surface area contributed by atoms with Crippen LogP contribution in [0.25, 0.3) is 16.8 Å². The molecule has 1 aliphatic rings. The number of rotatable bonds is 2. The van der Waals surface area contributed by atoms with Gasteiger partial charge in [0.2, 0.25) is 5.71 Å². The highest BCUT2D eigenvalue weighted by Crippen LogP contribution is 2.22. The molecule has 7 heteroatoms. The van der Waals surface area contributed by atoms with Crippen molar-refractivity contribution in [2.75, 3.05) is 18.0 Å². The number of hydrogen-bond acceptors (Lipinski definition) is 6. The van der Waals surface area contributed by atoms with Gasteiger partial charge in [-0.2, -0.15) is 14.8 Å². The molecule has 1 N–H and O–H groups in total. The number of benzene rings is 1. The second-order valence-electron chi connectivity index (χ2n) is 5.63. The first-order chi connectivity index (χ1) is 11.2. The smallest absolute Gasteiger partial charge is 0.302 e. The number of anilines is 1. The van der Waals surface area contributed by atoms with E-state index in [0.29, 0.717) is 37.0 Å². The predicted octanol–water partition coefficient (Wildman–Crippen LogP) is 1.33. The van der Waals surface area contributed by atoms with Crippen molar-refractivity contribution in [3.63, 3.8) is 0 Å². The van der Waals surface area contributed by atoms with Gasteiger partial charge in [0.05, 0.1) is 18.0 Å². The van der Waals surface area contributed by atoms with Gasteiger partial charge in [-0.15, -0.1) is 0 Å². The molecule has 0 spiro atoms. The molecule has 0 aliphatic carbocycles. The van der Waals surface area contributed by atoms with Crippen molar-refractivity contribution in [2.24, 2.45) is 0 Å². The Morgan fingerprint density at radius 1 is 1.17 bits per heavy atom. The van der Waals surface area contributed by atoms with Crippen LogP contribution in [-0.4, -0.2) is 39.1 Å². The zero-order valence-corrected chi connectivity index (χ0v) is 12.4. The van der Waals surface area contributed by atoms with Crippen LogP contribution in [0.2, 0.25) is 0 Å². The summed E-state index contributed by atoms with van der Waals surface area (Å²) in [5.41, 5.74) is 0.851. The topological polar surface area (TPSA) is 84.4 Å². The number of aliphatic hydroxyl groups excluding tert-OH is 1. The minimum absolute atomic E-state index is 0.284. The van der Waals surface area contributed by atoms with E-state index >= 15 is 0 Å². The van der Waals surface area contributed by atoms with E-state index in [1.807, 2.05) is 35.2 Å². The molecule has 1 aromatic carbocycles. The molecule has 0 amide bonds. The fraction of sp³-hybridized carbons (Fsp3) is 0.312. The van der Waals surface area contributed by atoms with Crippen LogP contribution in [0.5, 0.6) is 0 Å². The molecule has 0 bridgehead atoms. The summed E-state index contributed by atoms with van der Waals surface area (Å²) < 4.78 is 7.47. The van der Waals surface area contributed by atoms with Crippen LogP contribution in [0.4, 0.5) is 6.01 Å². The van der Waals surface area contributed by atoms with Crippen LogP contribution < -0.4 is 10.5 Å². The van der Waals surface area contributed by atoms with E-state index in [4.69, 9.17) is 4.42 Å². The molecule has 3 aromatic rings. The van der Waals surface area contributed by atoms with Gasteiger partial charge in [0, 0.05) is 13.1 Å². The Bertz CT molecular complexity index is 879. The number of aromatic nitrogens is 3. The van der Waals surface area contributed by atoms with Crippen LogP contribution in [0.15, 0.2) is 45.7 Å². The van der Waals surface area contributed by atoms with Crippen LogP contribution in [0.3, 0.4) is 0 Å².